The highest BCUT2D eigenvalue weighted by atomic mass is 16.5. The molecule has 0 aliphatic carbocycles. The number of benzene rings is 1. The quantitative estimate of drug-likeness (QED) is 0.247. The Morgan fingerprint density at radius 1 is 1.00 bits per heavy atom. The first-order valence-electron chi connectivity index (χ1n) is 10.3. The molecule has 1 amide bonds. The maximum Gasteiger partial charge on any atom is 0.221 e. The fourth-order valence-electron chi connectivity index (χ4n) is 2.67. The number of hydrogen-bond acceptors (Lipinski definition) is 2. The highest BCUT2D eigenvalue weighted by molar-refractivity contribution is 5.76. The van der Waals surface area contributed by atoms with Crippen LogP contribution >= 0.6 is 0 Å². The average molecular weight is 382 g/mol. The van der Waals surface area contributed by atoms with E-state index in [0.717, 1.165) is 43.4 Å². The van der Waals surface area contributed by atoms with Crippen molar-refractivity contribution in [2.24, 2.45) is 11.7 Å². The van der Waals surface area contributed by atoms with E-state index in [1.54, 1.807) is 0 Å². The maximum atomic E-state index is 10.9. The molecular weight excluding hydrogens is 346 g/mol. The molecule has 152 valence electrons. The number of nitrogens with two attached hydrogens (primary N) is 1. The zero-order valence-corrected chi connectivity index (χ0v) is 17.3. The molecule has 0 saturated heterocycles. The lowest BCUT2D eigenvalue weighted by atomic mass is 10.0. The Kier molecular flexibility index (Phi) is 13.0. The number of allylic oxidation sites excluding steroid dienone is 8. The molecule has 1 rings (SSSR count). The first-order valence-corrected chi connectivity index (χ1v) is 10.3. The van der Waals surface area contributed by atoms with Gasteiger partial charge >= 0.3 is 0 Å². The zero-order chi connectivity index (χ0) is 20.5. The molecule has 1 atom stereocenters. The van der Waals surface area contributed by atoms with Gasteiger partial charge in [-0.2, -0.15) is 0 Å². The SMILES string of the molecule is CC/C=C\CC/C=C/C=C\C=C\[C@@H](CC)CCOc1ccc(CC(N)=O)cc1. The number of unbranched alkanes of at least 4 members (excludes halogenated alkanes) is 1. The van der Waals surface area contributed by atoms with Crippen molar-refractivity contribution in [3.63, 3.8) is 0 Å². The average Bonchev–Trinajstić information content (AvgIpc) is 2.69. The summed E-state index contributed by atoms with van der Waals surface area (Å²) in [6.07, 6.45) is 22.9. The Labute approximate surface area is 170 Å². The molecule has 1 aromatic rings. The van der Waals surface area contributed by atoms with Crippen molar-refractivity contribution in [3.05, 3.63) is 78.4 Å². The van der Waals surface area contributed by atoms with E-state index >= 15 is 0 Å². The highest BCUT2D eigenvalue weighted by Gasteiger charge is 2.03. The predicted molar refractivity (Wildman–Crippen MR) is 119 cm³/mol. The molecule has 0 saturated carbocycles. The van der Waals surface area contributed by atoms with E-state index in [1.165, 1.54) is 0 Å². The second-order valence-corrected chi connectivity index (χ2v) is 6.75. The fourth-order valence-corrected chi connectivity index (χ4v) is 2.67. The fraction of sp³-hybridized carbons (Fsp3) is 0.400. The normalized spacial score (nSPS) is 13.2. The minimum Gasteiger partial charge on any atom is -0.494 e. The number of rotatable bonds is 14. The monoisotopic (exact) mass is 381 g/mol. The Balaban J connectivity index is 2.27. The molecule has 2 N–H and O–H groups in total. The summed E-state index contributed by atoms with van der Waals surface area (Å²) in [5.74, 6) is 1.01. The molecule has 0 aliphatic rings. The van der Waals surface area contributed by atoms with Crippen LogP contribution in [0.5, 0.6) is 5.75 Å². The lowest BCUT2D eigenvalue weighted by Crippen LogP contribution is -2.13. The van der Waals surface area contributed by atoms with Gasteiger partial charge in [-0.05, 0) is 55.7 Å². The molecule has 0 radical (unpaired) electrons. The molecule has 28 heavy (non-hydrogen) atoms. The van der Waals surface area contributed by atoms with Gasteiger partial charge < -0.3 is 10.5 Å². The van der Waals surface area contributed by atoms with Gasteiger partial charge in [0.15, 0.2) is 0 Å². The largest absolute Gasteiger partial charge is 0.494 e. The van der Waals surface area contributed by atoms with Gasteiger partial charge in [0.25, 0.3) is 0 Å². The summed E-state index contributed by atoms with van der Waals surface area (Å²) in [5.41, 5.74) is 6.11. The first-order chi connectivity index (χ1) is 13.7. The van der Waals surface area contributed by atoms with E-state index in [1.807, 2.05) is 24.3 Å². The van der Waals surface area contributed by atoms with Crippen LogP contribution in [0.2, 0.25) is 0 Å². The number of primary amides is 1. The smallest absolute Gasteiger partial charge is 0.221 e. The van der Waals surface area contributed by atoms with E-state index in [2.05, 4.69) is 62.5 Å². The van der Waals surface area contributed by atoms with E-state index < -0.39 is 0 Å². The van der Waals surface area contributed by atoms with E-state index in [9.17, 15) is 4.79 Å². The Bertz CT molecular complexity index is 654. The van der Waals surface area contributed by atoms with Crippen LogP contribution in [0.4, 0.5) is 0 Å². The molecule has 3 heteroatoms. The summed E-state index contributed by atoms with van der Waals surface area (Å²) in [6.45, 7) is 5.02. The number of ether oxygens (including phenoxy) is 1. The van der Waals surface area contributed by atoms with Crippen molar-refractivity contribution in [1.82, 2.24) is 0 Å². The molecule has 0 spiro atoms. The minimum atomic E-state index is -0.320. The van der Waals surface area contributed by atoms with Gasteiger partial charge in [-0.15, -0.1) is 0 Å². The summed E-state index contributed by atoms with van der Waals surface area (Å²) in [7, 11) is 0. The third-order valence-corrected chi connectivity index (χ3v) is 4.34. The Morgan fingerprint density at radius 2 is 1.71 bits per heavy atom. The second kappa shape index (κ2) is 15.5. The molecule has 0 fully saturated rings. The third kappa shape index (κ3) is 11.9. The van der Waals surface area contributed by atoms with Crippen LogP contribution in [0.3, 0.4) is 0 Å². The van der Waals surface area contributed by atoms with Crippen LogP contribution in [-0.2, 0) is 11.2 Å². The summed E-state index contributed by atoms with van der Waals surface area (Å²) >= 11 is 0. The van der Waals surface area contributed by atoms with Crippen LogP contribution in [-0.4, -0.2) is 12.5 Å². The summed E-state index contributed by atoms with van der Waals surface area (Å²) in [5, 5.41) is 0. The number of carbonyl (C=O) groups excluding carboxylic acids is 1. The summed E-state index contributed by atoms with van der Waals surface area (Å²) in [4.78, 5) is 10.9. The van der Waals surface area contributed by atoms with Crippen molar-refractivity contribution in [2.45, 2.75) is 52.4 Å². The molecular formula is C25H35NO2. The van der Waals surface area contributed by atoms with Crippen molar-refractivity contribution < 1.29 is 9.53 Å². The van der Waals surface area contributed by atoms with Crippen LogP contribution in [0.25, 0.3) is 0 Å². The first kappa shape index (κ1) is 23.5. The van der Waals surface area contributed by atoms with Crippen molar-refractivity contribution in [3.8, 4) is 5.75 Å². The van der Waals surface area contributed by atoms with Gasteiger partial charge in [-0.1, -0.05) is 74.6 Å². The van der Waals surface area contributed by atoms with Crippen molar-refractivity contribution in [1.29, 1.82) is 0 Å². The molecule has 0 heterocycles. The molecule has 3 nitrogen and oxygen atoms in total. The molecule has 0 aliphatic heterocycles. The highest BCUT2D eigenvalue weighted by Crippen LogP contribution is 2.15. The molecule has 0 aromatic heterocycles. The van der Waals surface area contributed by atoms with Crippen LogP contribution in [0, 0.1) is 5.92 Å². The summed E-state index contributed by atoms with van der Waals surface area (Å²) in [6, 6.07) is 7.55. The standard InChI is InChI=1S/C25H35NO2/c1-3-5-6-7-8-9-10-11-12-13-14-22(4-2)19-20-28-24-17-15-23(16-18-24)21-25(26)27/h5-6,9-18,22H,3-4,7-8,19-21H2,1-2H3,(H2,26,27)/b6-5-,10-9+,12-11-,14-13+/t22-/m1/s1. The van der Waals surface area contributed by atoms with Crippen LogP contribution < -0.4 is 10.5 Å². The zero-order valence-electron chi connectivity index (χ0n) is 17.3. The van der Waals surface area contributed by atoms with Gasteiger partial charge in [-0.25, -0.2) is 0 Å². The van der Waals surface area contributed by atoms with Crippen LogP contribution in [0.1, 0.15) is 51.5 Å². The van der Waals surface area contributed by atoms with E-state index in [4.69, 9.17) is 10.5 Å². The molecule has 1 aromatic carbocycles. The summed E-state index contributed by atoms with van der Waals surface area (Å²) < 4.78 is 5.81. The maximum absolute atomic E-state index is 10.9. The van der Waals surface area contributed by atoms with Crippen LogP contribution in [0.15, 0.2) is 72.9 Å². The number of hydrogen-bond donors (Lipinski definition) is 1. The molecule has 0 unspecified atom stereocenters. The molecule has 0 bridgehead atoms. The second-order valence-electron chi connectivity index (χ2n) is 6.75. The van der Waals surface area contributed by atoms with Gasteiger partial charge in [0.05, 0.1) is 13.0 Å². The Morgan fingerprint density at radius 3 is 2.39 bits per heavy atom. The van der Waals surface area contributed by atoms with Crippen molar-refractivity contribution >= 4 is 5.91 Å². The Hall–Kier alpha value is -2.55. The van der Waals surface area contributed by atoms with E-state index in [-0.39, 0.29) is 12.3 Å². The minimum absolute atomic E-state index is 0.265. The lowest BCUT2D eigenvalue weighted by Gasteiger charge is -2.11. The van der Waals surface area contributed by atoms with E-state index in [0.29, 0.717) is 12.5 Å². The van der Waals surface area contributed by atoms with Gasteiger partial charge in [0.2, 0.25) is 5.91 Å². The number of amides is 1. The topological polar surface area (TPSA) is 52.3 Å². The van der Waals surface area contributed by atoms with Gasteiger partial charge in [0, 0.05) is 0 Å². The van der Waals surface area contributed by atoms with Gasteiger partial charge in [0.1, 0.15) is 5.75 Å². The van der Waals surface area contributed by atoms with Gasteiger partial charge in [-0.3, -0.25) is 4.79 Å². The third-order valence-electron chi connectivity index (χ3n) is 4.34. The number of carbonyl (C=O) groups is 1. The predicted octanol–water partition coefficient (Wildman–Crippen LogP) is 5.92. The lowest BCUT2D eigenvalue weighted by molar-refractivity contribution is -0.117. The van der Waals surface area contributed by atoms with Crippen molar-refractivity contribution in [2.75, 3.05) is 6.61 Å².